The maximum absolute atomic E-state index is 2.51. The lowest BCUT2D eigenvalue weighted by Crippen LogP contribution is -2.34. The van der Waals surface area contributed by atoms with E-state index >= 15 is 0 Å². The summed E-state index contributed by atoms with van der Waals surface area (Å²) < 4.78 is 0. The summed E-state index contributed by atoms with van der Waals surface area (Å²) in [5.41, 5.74) is 1.43. The third kappa shape index (κ3) is 3.25. The summed E-state index contributed by atoms with van der Waals surface area (Å²) in [5.74, 6) is 2.67. The standard InChI is InChI=1S/C13H19NS/c1-14(13-7-9-15-10-8-13)11-12-5-3-2-4-6-12/h2-6,13H,7-11H2,1H3. The van der Waals surface area contributed by atoms with Crippen molar-refractivity contribution >= 4 is 11.8 Å². The van der Waals surface area contributed by atoms with Crippen molar-refractivity contribution in [3.63, 3.8) is 0 Å². The molecule has 1 aromatic rings. The van der Waals surface area contributed by atoms with Gasteiger partial charge in [-0.1, -0.05) is 30.3 Å². The number of thioether (sulfide) groups is 1. The van der Waals surface area contributed by atoms with Crippen molar-refractivity contribution in [3.8, 4) is 0 Å². The lowest BCUT2D eigenvalue weighted by Gasteiger charge is -2.30. The highest BCUT2D eigenvalue weighted by Crippen LogP contribution is 2.21. The third-order valence-corrected chi connectivity index (χ3v) is 4.14. The molecule has 0 aliphatic carbocycles. The van der Waals surface area contributed by atoms with E-state index in [-0.39, 0.29) is 0 Å². The highest BCUT2D eigenvalue weighted by molar-refractivity contribution is 7.99. The summed E-state index contributed by atoms with van der Waals surface area (Å²) in [6.07, 6.45) is 2.71. The Bertz CT molecular complexity index is 280. The van der Waals surface area contributed by atoms with E-state index < -0.39 is 0 Å². The first-order chi connectivity index (χ1) is 7.36. The van der Waals surface area contributed by atoms with E-state index in [1.165, 1.54) is 29.9 Å². The normalized spacial score (nSPS) is 18.3. The van der Waals surface area contributed by atoms with Crippen LogP contribution in [0.25, 0.3) is 0 Å². The minimum atomic E-state index is 0.798. The molecule has 0 unspecified atom stereocenters. The van der Waals surface area contributed by atoms with E-state index in [4.69, 9.17) is 0 Å². The summed E-state index contributed by atoms with van der Waals surface area (Å²) in [4.78, 5) is 2.51. The number of nitrogens with zero attached hydrogens (tertiary/aromatic N) is 1. The minimum Gasteiger partial charge on any atom is -0.299 e. The average Bonchev–Trinajstić information content (AvgIpc) is 2.31. The van der Waals surface area contributed by atoms with Crippen LogP contribution in [-0.2, 0) is 6.54 Å². The van der Waals surface area contributed by atoms with Crippen molar-refractivity contribution in [2.75, 3.05) is 18.6 Å². The summed E-state index contributed by atoms with van der Waals surface area (Å²) >= 11 is 2.10. The Labute approximate surface area is 96.9 Å². The second-order valence-corrected chi connectivity index (χ2v) is 5.47. The van der Waals surface area contributed by atoms with E-state index in [2.05, 4.69) is 54.0 Å². The second kappa shape index (κ2) is 5.57. The van der Waals surface area contributed by atoms with Crippen LogP contribution >= 0.6 is 11.8 Å². The molecule has 82 valence electrons. The van der Waals surface area contributed by atoms with Gasteiger partial charge in [0, 0.05) is 12.6 Å². The van der Waals surface area contributed by atoms with Crippen molar-refractivity contribution in [1.82, 2.24) is 4.90 Å². The molecule has 1 heterocycles. The number of hydrogen-bond donors (Lipinski definition) is 0. The van der Waals surface area contributed by atoms with Crippen molar-refractivity contribution in [1.29, 1.82) is 0 Å². The Morgan fingerprint density at radius 1 is 1.20 bits per heavy atom. The van der Waals surface area contributed by atoms with Crippen LogP contribution < -0.4 is 0 Å². The van der Waals surface area contributed by atoms with Crippen LogP contribution in [0.2, 0.25) is 0 Å². The maximum atomic E-state index is 2.51. The van der Waals surface area contributed by atoms with Gasteiger partial charge < -0.3 is 0 Å². The van der Waals surface area contributed by atoms with Gasteiger partial charge in [-0.2, -0.15) is 11.8 Å². The molecule has 1 fully saturated rings. The molecular weight excluding hydrogens is 202 g/mol. The van der Waals surface area contributed by atoms with Crippen LogP contribution in [0.1, 0.15) is 18.4 Å². The molecule has 0 amide bonds. The van der Waals surface area contributed by atoms with Crippen molar-refractivity contribution < 1.29 is 0 Å². The zero-order valence-corrected chi connectivity index (χ0v) is 10.2. The molecule has 0 radical (unpaired) electrons. The number of rotatable bonds is 3. The first-order valence-corrected chi connectivity index (χ1v) is 6.83. The molecule has 1 nitrogen and oxygen atoms in total. The van der Waals surface area contributed by atoms with E-state index in [9.17, 15) is 0 Å². The Balaban J connectivity index is 1.88. The molecule has 1 aromatic carbocycles. The zero-order chi connectivity index (χ0) is 10.5. The smallest absolute Gasteiger partial charge is 0.0233 e. The second-order valence-electron chi connectivity index (χ2n) is 4.24. The number of hydrogen-bond acceptors (Lipinski definition) is 2. The van der Waals surface area contributed by atoms with Gasteiger partial charge in [-0.05, 0) is 37.0 Å². The molecular formula is C13H19NS. The van der Waals surface area contributed by atoms with E-state index in [1.807, 2.05) is 0 Å². The molecule has 0 bridgehead atoms. The molecule has 0 aromatic heterocycles. The van der Waals surface area contributed by atoms with Gasteiger partial charge >= 0.3 is 0 Å². The minimum absolute atomic E-state index is 0.798. The lowest BCUT2D eigenvalue weighted by atomic mass is 10.1. The monoisotopic (exact) mass is 221 g/mol. The van der Waals surface area contributed by atoms with Gasteiger partial charge in [0.1, 0.15) is 0 Å². The van der Waals surface area contributed by atoms with Crippen LogP contribution in [0, 0.1) is 0 Å². The third-order valence-electron chi connectivity index (χ3n) is 3.09. The first-order valence-electron chi connectivity index (χ1n) is 5.68. The molecule has 1 aliphatic rings. The number of benzene rings is 1. The fraction of sp³-hybridized carbons (Fsp3) is 0.538. The first kappa shape index (κ1) is 11.0. The maximum Gasteiger partial charge on any atom is 0.0233 e. The topological polar surface area (TPSA) is 3.24 Å². The van der Waals surface area contributed by atoms with Crippen molar-refractivity contribution in [2.45, 2.75) is 25.4 Å². The Morgan fingerprint density at radius 2 is 1.87 bits per heavy atom. The van der Waals surface area contributed by atoms with E-state index in [0.29, 0.717) is 0 Å². The SMILES string of the molecule is CN(Cc1ccccc1)C1CCSCC1. The quantitative estimate of drug-likeness (QED) is 0.772. The predicted molar refractivity (Wildman–Crippen MR) is 68.3 cm³/mol. The van der Waals surface area contributed by atoms with Crippen LogP contribution in [0.3, 0.4) is 0 Å². The summed E-state index contributed by atoms with van der Waals surface area (Å²) in [6.45, 7) is 1.09. The highest BCUT2D eigenvalue weighted by Gasteiger charge is 2.17. The molecule has 0 saturated carbocycles. The molecule has 1 aliphatic heterocycles. The predicted octanol–water partition coefficient (Wildman–Crippen LogP) is 3.01. The fourth-order valence-corrected chi connectivity index (χ4v) is 3.21. The van der Waals surface area contributed by atoms with Gasteiger partial charge in [-0.3, -0.25) is 4.90 Å². The largest absolute Gasteiger partial charge is 0.299 e. The lowest BCUT2D eigenvalue weighted by molar-refractivity contribution is 0.221. The Hall–Kier alpha value is -0.470. The molecule has 15 heavy (non-hydrogen) atoms. The molecule has 2 rings (SSSR count). The van der Waals surface area contributed by atoms with Gasteiger partial charge in [-0.15, -0.1) is 0 Å². The highest BCUT2D eigenvalue weighted by atomic mass is 32.2. The summed E-state index contributed by atoms with van der Waals surface area (Å²) in [5, 5.41) is 0. The van der Waals surface area contributed by atoms with Gasteiger partial charge in [0.25, 0.3) is 0 Å². The van der Waals surface area contributed by atoms with Gasteiger partial charge in [0.05, 0.1) is 0 Å². The molecule has 0 spiro atoms. The summed E-state index contributed by atoms with van der Waals surface area (Å²) in [6, 6.07) is 11.6. The summed E-state index contributed by atoms with van der Waals surface area (Å²) in [7, 11) is 2.26. The fourth-order valence-electron chi connectivity index (χ4n) is 2.13. The Kier molecular flexibility index (Phi) is 4.09. The Morgan fingerprint density at radius 3 is 2.53 bits per heavy atom. The van der Waals surface area contributed by atoms with Crippen LogP contribution in [-0.4, -0.2) is 29.5 Å². The van der Waals surface area contributed by atoms with Crippen molar-refractivity contribution in [2.24, 2.45) is 0 Å². The van der Waals surface area contributed by atoms with Crippen LogP contribution in [0.15, 0.2) is 30.3 Å². The average molecular weight is 221 g/mol. The zero-order valence-electron chi connectivity index (χ0n) is 9.36. The molecule has 1 saturated heterocycles. The van der Waals surface area contributed by atoms with Crippen LogP contribution in [0.4, 0.5) is 0 Å². The van der Waals surface area contributed by atoms with Gasteiger partial charge in [-0.25, -0.2) is 0 Å². The van der Waals surface area contributed by atoms with E-state index in [0.717, 1.165) is 12.6 Å². The van der Waals surface area contributed by atoms with Crippen molar-refractivity contribution in [3.05, 3.63) is 35.9 Å². The molecule has 2 heteroatoms. The molecule has 0 atom stereocenters. The molecule has 0 N–H and O–H groups in total. The van der Waals surface area contributed by atoms with Gasteiger partial charge in [0.15, 0.2) is 0 Å². The van der Waals surface area contributed by atoms with Crippen LogP contribution in [0.5, 0.6) is 0 Å². The van der Waals surface area contributed by atoms with Gasteiger partial charge in [0.2, 0.25) is 0 Å². The van der Waals surface area contributed by atoms with E-state index in [1.54, 1.807) is 0 Å².